The minimum absolute atomic E-state index is 0.296. The van der Waals surface area contributed by atoms with Crippen molar-refractivity contribution < 1.29 is 13.2 Å². The summed E-state index contributed by atoms with van der Waals surface area (Å²) in [7, 11) is -1.77. The second-order valence-electron chi connectivity index (χ2n) is 6.26. The molecule has 1 aliphatic heterocycles. The lowest BCUT2D eigenvalue weighted by atomic mass is 10.1. The summed E-state index contributed by atoms with van der Waals surface area (Å²) in [4.78, 5) is 2.59. The normalized spacial score (nSPS) is 16.5. The summed E-state index contributed by atoms with van der Waals surface area (Å²) < 4.78 is 32.4. The van der Waals surface area contributed by atoms with Gasteiger partial charge in [-0.25, -0.2) is 8.42 Å². The molecule has 5 nitrogen and oxygen atoms in total. The Labute approximate surface area is 160 Å². The van der Waals surface area contributed by atoms with Crippen LogP contribution >= 0.6 is 11.6 Å². The van der Waals surface area contributed by atoms with Gasteiger partial charge in [-0.05, 0) is 42.3 Å². The number of hydrogen-bond donors (Lipinski definition) is 0. The molecular weight excluding hydrogens is 372 g/mol. The van der Waals surface area contributed by atoms with Crippen LogP contribution in [0.3, 0.4) is 0 Å². The maximum atomic E-state index is 12.7. The van der Waals surface area contributed by atoms with E-state index in [2.05, 4.69) is 11.0 Å². The second kappa shape index (κ2) is 8.39. The Hall–Kier alpha value is -1.60. The van der Waals surface area contributed by atoms with Gasteiger partial charge in [0.25, 0.3) is 0 Å². The molecular formula is C19H23ClN2O3S. The van der Waals surface area contributed by atoms with E-state index in [1.54, 1.807) is 35.7 Å². The molecule has 26 heavy (non-hydrogen) atoms. The van der Waals surface area contributed by atoms with E-state index in [-0.39, 0.29) is 0 Å². The van der Waals surface area contributed by atoms with Gasteiger partial charge in [-0.3, -0.25) is 0 Å². The molecule has 0 aromatic heterocycles. The van der Waals surface area contributed by atoms with Crippen molar-refractivity contribution in [3.8, 4) is 5.75 Å². The molecule has 0 unspecified atom stereocenters. The lowest BCUT2D eigenvalue weighted by Crippen LogP contribution is -2.49. The summed E-state index contributed by atoms with van der Waals surface area (Å²) in [6.45, 7) is 3.33. The van der Waals surface area contributed by atoms with E-state index in [0.717, 1.165) is 31.8 Å². The summed E-state index contributed by atoms with van der Waals surface area (Å²) in [5.41, 5.74) is 1.17. The minimum atomic E-state index is -3.45. The zero-order chi connectivity index (χ0) is 18.6. The topological polar surface area (TPSA) is 49.9 Å². The first-order valence-electron chi connectivity index (χ1n) is 8.60. The quantitative estimate of drug-likeness (QED) is 0.755. The third-order valence-corrected chi connectivity index (χ3v) is 6.84. The molecule has 0 bridgehead atoms. The van der Waals surface area contributed by atoms with Crippen LogP contribution in [-0.4, -0.2) is 57.5 Å². The maximum Gasteiger partial charge on any atom is 0.243 e. The first-order valence-corrected chi connectivity index (χ1v) is 10.4. The molecule has 2 aromatic carbocycles. The zero-order valence-corrected chi connectivity index (χ0v) is 16.3. The molecule has 3 rings (SSSR count). The van der Waals surface area contributed by atoms with Gasteiger partial charge >= 0.3 is 0 Å². The number of rotatable bonds is 6. The van der Waals surface area contributed by atoms with Gasteiger partial charge in [-0.15, -0.1) is 0 Å². The van der Waals surface area contributed by atoms with Crippen molar-refractivity contribution in [1.29, 1.82) is 0 Å². The van der Waals surface area contributed by atoms with Gasteiger partial charge in [0.1, 0.15) is 5.75 Å². The first kappa shape index (κ1) is 19.2. The number of benzene rings is 2. The number of piperazine rings is 1. The van der Waals surface area contributed by atoms with Crippen molar-refractivity contribution in [2.75, 3.05) is 39.8 Å². The molecule has 0 N–H and O–H groups in total. The van der Waals surface area contributed by atoms with Crippen molar-refractivity contribution in [2.24, 2.45) is 0 Å². The number of halogens is 1. The molecule has 0 spiro atoms. The Kier molecular flexibility index (Phi) is 6.19. The smallest absolute Gasteiger partial charge is 0.243 e. The number of nitrogens with zero attached hydrogens (tertiary/aromatic N) is 2. The third-order valence-electron chi connectivity index (χ3n) is 4.67. The largest absolute Gasteiger partial charge is 0.496 e. The van der Waals surface area contributed by atoms with Crippen molar-refractivity contribution in [3.63, 3.8) is 0 Å². The SMILES string of the molecule is COc1ccccc1CCN1CCN(S(=O)(=O)c2ccc(Cl)cc2)CC1. The van der Waals surface area contributed by atoms with Crippen LogP contribution in [0, 0.1) is 0 Å². The molecule has 7 heteroatoms. The number of ether oxygens (including phenoxy) is 1. The zero-order valence-electron chi connectivity index (χ0n) is 14.8. The fourth-order valence-electron chi connectivity index (χ4n) is 3.14. The fraction of sp³-hybridized carbons (Fsp3) is 0.368. The van der Waals surface area contributed by atoms with Crippen molar-refractivity contribution >= 4 is 21.6 Å². The van der Waals surface area contributed by atoms with Crippen LogP contribution < -0.4 is 4.74 Å². The van der Waals surface area contributed by atoms with Crippen LogP contribution in [0.5, 0.6) is 5.75 Å². The molecule has 1 saturated heterocycles. The summed E-state index contributed by atoms with van der Waals surface area (Å²) >= 11 is 5.85. The standard InChI is InChI=1S/C19H23ClN2O3S/c1-25-19-5-3-2-4-16(19)10-11-21-12-14-22(15-13-21)26(23,24)18-8-6-17(20)7-9-18/h2-9H,10-15H2,1H3. The average Bonchev–Trinajstić information content (AvgIpc) is 2.67. The average molecular weight is 395 g/mol. The minimum Gasteiger partial charge on any atom is -0.496 e. The van der Waals surface area contributed by atoms with E-state index in [9.17, 15) is 8.42 Å². The Balaban J connectivity index is 1.56. The molecule has 1 aliphatic rings. The van der Waals surface area contributed by atoms with Crippen LogP contribution in [0.25, 0.3) is 0 Å². The number of sulfonamides is 1. The van der Waals surface area contributed by atoms with Crippen molar-refractivity contribution in [3.05, 3.63) is 59.1 Å². The van der Waals surface area contributed by atoms with Gasteiger partial charge in [0.15, 0.2) is 0 Å². The summed E-state index contributed by atoms with van der Waals surface area (Å²) in [5.74, 6) is 0.899. The highest BCUT2D eigenvalue weighted by Crippen LogP contribution is 2.21. The van der Waals surface area contributed by atoms with Gasteiger partial charge in [-0.2, -0.15) is 4.31 Å². The monoisotopic (exact) mass is 394 g/mol. The van der Waals surface area contributed by atoms with Gasteiger partial charge in [0, 0.05) is 37.7 Å². The predicted molar refractivity (Wildman–Crippen MR) is 103 cm³/mol. The summed E-state index contributed by atoms with van der Waals surface area (Å²) in [6.07, 6.45) is 0.883. The Morgan fingerprint density at radius 3 is 2.31 bits per heavy atom. The molecule has 2 aromatic rings. The van der Waals surface area contributed by atoms with E-state index in [4.69, 9.17) is 16.3 Å². The van der Waals surface area contributed by atoms with Gasteiger partial charge < -0.3 is 9.64 Å². The van der Waals surface area contributed by atoms with E-state index in [1.165, 1.54) is 5.56 Å². The van der Waals surface area contributed by atoms with Crippen LogP contribution in [0.15, 0.2) is 53.4 Å². The Morgan fingerprint density at radius 1 is 1.00 bits per heavy atom. The highest BCUT2D eigenvalue weighted by Gasteiger charge is 2.28. The van der Waals surface area contributed by atoms with Crippen molar-refractivity contribution in [1.82, 2.24) is 9.21 Å². The summed E-state index contributed by atoms with van der Waals surface area (Å²) in [5, 5.41) is 0.533. The molecule has 0 radical (unpaired) electrons. The van der Waals surface area contributed by atoms with Crippen LogP contribution in [-0.2, 0) is 16.4 Å². The lowest BCUT2D eigenvalue weighted by molar-refractivity contribution is 0.190. The number of hydrogen-bond acceptors (Lipinski definition) is 4. The molecule has 1 fully saturated rings. The van der Waals surface area contributed by atoms with E-state index in [0.29, 0.717) is 23.0 Å². The molecule has 0 atom stereocenters. The van der Waals surface area contributed by atoms with E-state index < -0.39 is 10.0 Å². The summed E-state index contributed by atoms with van der Waals surface area (Å²) in [6, 6.07) is 14.3. The number of methoxy groups -OCH3 is 1. The fourth-order valence-corrected chi connectivity index (χ4v) is 4.69. The molecule has 1 heterocycles. The first-order chi connectivity index (χ1) is 12.5. The van der Waals surface area contributed by atoms with Gasteiger partial charge in [-0.1, -0.05) is 29.8 Å². The Bertz CT molecular complexity index is 832. The van der Waals surface area contributed by atoms with Crippen LogP contribution in [0.4, 0.5) is 0 Å². The molecule has 140 valence electrons. The lowest BCUT2D eigenvalue weighted by Gasteiger charge is -2.34. The van der Waals surface area contributed by atoms with Gasteiger partial charge in [0.05, 0.1) is 12.0 Å². The Morgan fingerprint density at radius 2 is 1.65 bits per heavy atom. The van der Waals surface area contributed by atoms with Crippen molar-refractivity contribution in [2.45, 2.75) is 11.3 Å². The van der Waals surface area contributed by atoms with E-state index in [1.807, 2.05) is 18.2 Å². The van der Waals surface area contributed by atoms with Gasteiger partial charge in [0.2, 0.25) is 10.0 Å². The molecule has 0 amide bonds. The highest BCUT2D eigenvalue weighted by molar-refractivity contribution is 7.89. The van der Waals surface area contributed by atoms with Crippen LogP contribution in [0.1, 0.15) is 5.56 Å². The van der Waals surface area contributed by atoms with Crippen LogP contribution in [0.2, 0.25) is 5.02 Å². The third kappa shape index (κ3) is 4.38. The maximum absolute atomic E-state index is 12.7. The predicted octanol–water partition coefficient (Wildman–Crippen LogP) is 2.90. The van der Waals surface area contributed by atoms with E-state index >= 15 is 0 Å². The highest BCUT2D eigenvalue weighted by atomic mass is 35.5. The molecule has 0 saturated carbocycles. The number of para-hydroxylation sites is 1. The second-order valence-corrected chi connectivity index (χ2v) is 8.64. The molecule has 0 aliphatic carbocycles.